The molecule has 2 aliphatic rings. The Hall–Kier alpha value is -0.380. The van der Waals surface area contributed by atoms with Gasteiger partial charge in [-0.25, -0.2) is 0 Å². The van der Waals surface area contributed by atoms with Gasteiger partial charge in [-0.15, -0.1) is 0 Å². The van der Waals surface area contributed by atoms with Crippen LogP contribution in [0.2, 0.25) is 0 Å². The first-order valence-corrected chi connectivity index (χ1v) is 8.53. The van der Waals surface area contributed by atoms with Gasteiger partial charge in [-0.1, -0.05) is 40.9 Å². The van der Waals surface area contributed by atoms with Crippen molar-refractivity contribution in [1.29, 1.82) is 0 Å². The lowest BCUT2D eigenvalue weighted by molar-refractivity contribution is 0.0122. The van der Waals surface area contributed by atoms with E-state index in [4.69, 9.17) is 0 Å². The van der Waals surface area contributed by atoms with Crippen LogP contribution in [0.1, 0.15) is 45.1 Å². The van der Waals surface area contributed by atoms with E-state index in [0.29, 0.717) is 5.54 Å². The van der Waals surface area contributed by atoms with Gasteiger partial charge in [-0.3, -0.25) is 4.90 Å². The minimum absolute atomic E-state index is 0.225. The molecule has 1 spiro atoms. The molecule has 0 unspecified atom stereocenters. The fraction of sp³-hybridized carbons (Fsp3) is 0.647. The van der Waals surface area contributed by atoms with Crippen LogP contribution in [0.4, 0.5) is 0 Å². The number of piperazine rings is 1. The summed E-state index contributed by atoms with van der Waals surface area (Å²) in [7, 11) is 0. The number of hydrogen-bond acceptors (Lipinski definition) is 2. The van der Waals surface area contributed by atoms with Crippen LogP contribution in [0.15, 0.2) is 28.7 Å². The molecule has 1 saturated heterocycles. The standard InChI is InChI=1S/C17H25BrN2/c1-16(2)13-20(11-14-5-7-15(18)8-6-14)17(12-19-16)9-3-4-10-17/h5-8,19H,3-4,9-13H2,1-2H3. The molecule has 1 saturated carbocycles. The molecule has 0 radical (unpaired) electrons. The van der Waals surface area contributed by atoms with Crippen LogP contribution in [0.3, 0.4) is 0 Å². The Kier molecular flexibility index (Phi) is 3.95. The molecule has 0 aromatic heterocycles. The van der Waals surface area contributed by atoms with Gasteiger partial charge in [0, 0.05) is 35.2 Å². The molecule has 1 aromatic rings. The molecule has 1 heterocycles. The highest BCUT2D eigenvalue weighted by atomic mass is 79.9. The van der Waals surface area contributed by atoms with E-state index in [1.54, 1.807) is 0 Å². The van der Waals surface area contributed by atoms with Crippen LogP contribution in [-0.2, 0) is 6.54 Å². The van der Waals surface area contributed by atoms with Gasteiger partial charge in [0.15, 0.2) is 0 Å². The maximum absolute atomic E-state index is 3.77. The monoisotopic (exact) mass is 336 g/mol. The Morgan fingerprint density at radius 2 is 1.80 bits per heavy atom. The summed E-state index contributed by atoms with van der Waals surface area (Å²) in [6.45, 7) is 8.02. The molecule has 2 fully saturated rings. The van der Waals surface area contributed by atoms with Gasteiger partial charge < -0.3 is 5.32 Å². The lowest BCUT2D eigenvalue weighted by atomic mass is 9.86. The molecule has 1 aliphatic carbocycles. The smallest absolute Gasteiger partial charge is 0.0338 e. The van der Waals surface area contributed by atoms with E-state index in [1.165, 1.54) is 31.2 Å². The zero-order valence-corrected chi connectivity index (χ0v) is 14.2. The number of benzene rings is 1. The third kappa shape index (κ3) is 2.95. The van der Waals surface area contributed by atoms with Gasteiger partial charge in [0.05, 0.1) is 0 Å². The SMILES string of the molecule is CC1(C)CN(Cc2ccc(Br)cc2)C2(CCCC2)CN1. The van der Waals surface area contributed by atoms with Crippen LogP contribution < -0.4 is 5.32 Å². The third-order valence-corrected chi connectivity index (χ3v) is 5.50. The number of nitrogens with zero attached hydrogens (tertiary/aromatic N) is 1. The van der Waals surface area contributed by atoms with Crippen LogP contribution in [-0.4, -0.2) is 29.1 Å². The highest BCUT2D eigenvalue weighted by molar-refractivity contribution is 9.10. The summed E-state index contributed by atoms with van der Waals surface area (Å²) in [6.07, 6.45) is 5.48. The molecular weight excluding hydrogens is 312 g/mol. The summed E-state index contributed by atoms with van der Waals surface area (Å²) in [5.41, 5.74) is 2.06. The fourth-order valence-electron chi connectivity index (χ4n) is 3.78. The summed E-state index contributed by atoms with van der Waals surface area (Å²) >= 11 is 3.52. The zero-order chi connectivity index (χ0) is 14.2. The second-order valence-corrected chi connectivity index (χ2v) is 8.07. The summed E-state index contributed by atoms with van der Waals surface area (Å²) in [5.74, 6) is 0. The Morgan fingerprint density at radius 3 is 2.45 bits per heavy atom. The first-order valence-electron chi connectivity index (χ1n) is 7.74. The van der Waals surface area contributed by atoms with E-state index in [2.05, 4.69) is 64.3 Å². The number of halogens is 1. The lowest BCUT2D eigenvalue weighted by Gasteiger charge is -2.51. The van der Waals surface area contributed by atoms with Crippen LogP contribution >= 0.6 is 15.9 Å². The van der Waals surface area contributed by atoms with Gasteiger partial charge in [0.1, 0.15) is 0 Å². The summed E-state index contributed by atoms with van der Waals surface area (Å²) < 4.78 is 1.16. The molecule has 1 N–H and O–H groups in total. The van der Waals surface area contributed by atoms with Crippen molar-refractivity contribution >= 4 is 15.9 Å². The number of nitrogens with one attached hydrogen (secondary N) is 1. The van der Waals surface area contributed by atoms with Crippen molar-refractivity contribution < 1.29 is 0 Å². The van der Waals surface area contributed by atoms with Gasteiger partial charge in [0.25, 0.3) is 0 Å². The molecule has 0 amide bonds. The van der Waals surface area contributed by atoms with E-state index in [1.807, 2.05) is 0 Å². The predicted molar refractivity (Wildman–Crippen MR) is 87.8 cm³/mol. The fourth-order valence-corrected chi connectivity index (χ4v) is 4.04. The Labute approximate surface area is 131 Å². The van der Waals surface area contributed by atoms with Crippen LogP contribution in [0, 0.1) is 0 Å². The van der Waals surface area contributed by atoms with E-state index in [-0.39, 0.29) is 5.54 Å². The predicted octanol–water partition coefficient (Wildman–Crippen LogP) is 3.95. The molecule has 3 heteroatoms. The van der Waals surface area contributed by atoms with Crippen molar-refractivity contribution in [3.05, 3.63) is 34.3 Å². The molecule has 1 aliphatic heterocycles. The molecule has 0 bridgehead atoms. The second-order valence-electron chi connectivity index (χ2n) is 7.15. The lowest BCUT2D eigenvalue weighted by Crippen LogP contribution is -2.66. The van der Waals surface area contributed by atoms with Gasteiger partial charge >= 0.3 is 0 Å². The van der Waals surface area contributed by atoms with Crippen molar-refractivity contribution in [2.45, 2.75) is 57.2 Å². The average Bonchev–Trinajstić information content (AvgIpc) is 2.87. The van der Waals surface area contributed by atoms with Crippen molar-refractivity contribution in [2.24, 2.45) is 0 Å². The van der Waals surface area contributed by atoms with Crippen LogP contribution in [0.25, 0.3) is 0 Å². The molecule has 3 rings (SSSR count). The van der Waals surface area contributed by atoms with Gasteiger partial charge in [-0.2, -0.15) is 0 Å². The zero-order valence-electron chi connectivity index (χ0n) is 12.6. The minimum atomic E-state index is 0.225. The van der Waals surface area contributed by atoms with Gasteiger partial charge in [0.2, 0.25) is 0 Å². The Morgan fingerprint density at radius 1 is 1.15 bits per heavy atom. The van der Waals surface area contributed by atoms with Crippen LogP contribution in [0.5, 0.6) is 0 Å². The van der Waals surface area contributed by atoms with E-state index < -0.39 is 0 Å². The topological polar surface area (TPSA) is 15.3 Å². The maximum atomic E-state index is 3.77. The summed E-state index contributed by atoms with van der Waals surface area (Å²) in [5, 5.41) is 3.77. The quantitative estimate of drug-likeness (QED) is 0.879. The van der Waals surface area contributed by atoms with Crippen molar-refractivity contribution in [2.75, 3.05) is 13.1 Å². The second kappa shape index (κ2) is 5.43. The number of hydrogen-bond donors (Lipinski definition) is 1. The van der Waals surface area contributed by atoms with E-state index in [9.17, 15) is 0 Å². The summed E-state index contributed by atoms with van der Waals surface area (Å²) in [6, 6.07) is 8.82. The van der Waals surface area contributed by atoms with E-state index >= 15 is 0 Å². The van der Waals surface area contributed by atoms with Crippen molar-refractivity contribution in [1.82, 2.24) is 10.2 Å². The third-order valence-electron chi connectivity index (χ3n) is 4.97. The maximum Gasteiger partial charge on any atom is 0.0338 e. The van der Waals surface area contributed by atoms with E-state index in [0.717, 1.165) is 24.1 Å². The van der Waals surface area contributed by atoms with Crippen molar-refractivity contribution in [3.8, 4) is 0 Å². The van der Waals surface area contributed by atoms with Crippen molar-refractivity contribution in [3.63, 3.8) is 0 Å². The summed E-state index contributed by atoms with van der Waals surface area (Å²) in [4.78, 5) is 2.75. The first-order chi connectivity index (χ1) is 9.49. The first kappa shape index (κ1) is 14.6. The molecule has 110 valence electrons. The normalized spacial score (nSPS) is 25.1. The minimum Gasteiger partial charge on any atom is -0.309 e. The Balaban J connectivity index is 1.80. The molecule has 1 aromatic carbocycles. The Bertz CT molecular complexity index is 460. The molecular formula is C17H25BrN2. The molecule has 0 atom stereocenters. The average molecular weight is 337 g/mol. The highest BCUT2D eigenvalue weighted by Gasteiger charge is 2.45. The largest absolute Gasteiger partial charge is 0.309 e. The highest BCUT2D eigenvalue weighted by Crippen LogP contribution is 2.39. The van der Waals surface area contributed by atoms with Gasteiger partial charge in [-0.05, 0) is 44.4 Å². The number of rotatable bonds is 2. The molecule has 20 heavy (non-hydrogen) atoms. The molecule has 2 nitrogen and oxygen atoms in total.